The Bertz CT molecular complexity index is 371. The first kappa shape index (κ1) is 13.8. The lowest BCUT2D eigenvalue weighted by molar-refractivity contribution is -0.120. The summed E-state index contributed by atoms with van der Waals surface area (Å²) in [5, 5.41) is 2.19. The minimum atomic E-state index is -0.504. The summed E-state index contributed by atoms with van der Waals surface area (Å²) in [5.74, 6) is 0.720. The summed E-state index contributed by atoms with van der Waals surface area (Å²) in [6.45, 7) is 6.55. The Labute approximate surface area is 107 Å². The van der Waals surface area contributed by atoms with Crippen molar-refractivity contribution in [3.8, 4) is 5.75 Å². The first-order valence-corrected chi connectivity index (χ1v) is 6.07. The average molecular weight is 256 g/mol. The predicted octanol–water partition coefficient (Wildman–Crippen LogP) is 2.43. The van der Waals surface area contributed by atoms with Crippen molar-refractivity contribution in [1.82, 2.24) is 5.32 Å². The van der Waals surface area contributed by atoms with E-state index in [9.17, 15) is 4.79 Å². The minimum absolute atomic E-state index is 0.170. The number of amides is 1. The molecule has 0 heterocycles. The zero-order valence-corrected chi connectivity index (χ0v) is 11.2. The fourth-order valence-electron chi connectivity index (χ4n) is 1.49. The number of alkyl halides is 1. The fraction of sp³-hybridized carbons (Fsp3) is 0.462. The van der Waals surface area contributed by atoms with Gasteiger partial charge in [-0.05, 0) is 31.9 Å². The smallest absolute Gasteiger partial charge is 0.237 e. The molecule has 0 aromatic heterocycles. The zero-order chi connectivity index (χ0) is 12.8. The molecule has 1 rings (SSSR count). The maximum atomic E-state index is 11.2. The van der Waals surface area contributed by atoms with E-state index in [-0.39, 0.29) is 5.91 Å². The van der Waals surface area contributed by atoms with E-state index in [0.717, 1.165) is 16.9 Å². The molecular formula is C13H18ClNO2. The van der Waals surface area contributed by atoms with Crippen LogP contribution in [0.4, 0.5) is 0 Å². The lowest BCUT2D eigenvalue weighted by Gasteiger charge is -2.12. The highest BCUT2D eigenvalue weighted by molar-refractivity contribution is 6.30. The average Bonchev–Trinajstić information content (AvgIpc) is 2.27. The highest BCUT2D eigenvalue weighted by atomic mass is 35.5. The largest absolute Gasteiger partial charge is 0.491 e. The summed E-state index contributed by atoms with van der Waals surface area (Å²) < 4.78 is 5.64. The Kier molecular flexibility index (Phi) is 5.29. The molecular weight excluding hydrogens is 238 g/mol. The molecule has 0 bridgehead atoms. The second kappa shape index (κ2) is 6.50. The molecule has 0 aliphatic heterocycles. The van der Waals surface area contributed by atoms with Crippen molar-refractivity contribution >= 4 is 17.5 Å². The SMILES string of the molecule is Cc1cccc(C)c1OCCNC(=O)C(C)Cl. The number of ether oxygens (including phenoxy) is 1. The van der Waals surface area contributed by atoms with Gasteiger partial charge >= 0.3 is 0 Å². The van der Waals surface area contributed by atoms with Crippen LogP contribution in [0.1, 0.15) is 18.1 Å². The molecule has 0 aliphatic carbocycles. The second-order valence-corrected chi connectivity index (χ2v) is 4.63. The molecule has 3 nitrogen and oxygen atoms in total. The Hall–Kier alpha value is -1.22. The number of hydrogen-bond acceptors (Lipinski definition) is 2. The van der Waals surface area contributed by atoms with Gasteiger partial charge in [-0.2, -0.15) is 0 Å². The standard InChI is InChI=1S/C13H18ClNO2/c1-9-5-4-6-10(2)12(9)17-8-7-15-13(16)11(3)14/h4-6,11H,7-8H2,1-3H3,(H,15,16). The number of carbonyl (C=O) groups excluding carboxylic acids is 1. The van der Waals surface area contributed by atoms with Gasteiger partial charge in [-0.25, -0.2) is 0 Å². The molecule has 94 valence electrons. The summed E-state index contributed by atoms with van der Waals surface area (Å²) in [4.78, 5) is 11.2. The quantitative estimate of drug-likeness (QED) is 0.648. The van der Waals surface area contributed by atoms with Crippen LogP contribution in [0.2, 0.25) is 0 Å². The first-order valence-electron chi connectivity index (χ1n) is 5.63. The van der Waals surface area contributed by atoms with Crippen LogP contribution >= 0.6 is 11.6 Å². The number of aryl methyl sites for hydroxylation is 2. The van der Waals surface area contributed by atoms with Gasteiger partial charge in [0, 0.05) is 0 Å². The van der Waals surface area contributed by atoms with Gasteiger partial charge < -0.3 is 10.1 Å². The third-order valence-electron chi connectivity index (χ3n) is 2.42. The third kappa shape index (κ3) is 4.27. The molecule has 0 spiro atoms. The zero-order valence-electron chi connectivity index (χ0n) is 10.4. The normalized spacial score (nSPS) is 12.0. The summed E-state index contributed by atoms with van der Waals surface area (Å²) in [5.41, 5.74) is 2.20. The molecule has 0 saturated carbocycles. The summed E-state index contributed by atoms with van der Waals surface area (Å²) in [6, 6.07) is 6.00. The van der Waals surface area contributed by atoms with Crippen LogP contribution in [0.25, 0.3) is 0 Å². The van der Waals surface area contributed by atoms with Crippen molar-refractivity contribution in [1.29, 1.82) is 0 Å². The van der Waals surface area contributed by atoms with Crippen molar-refractivity contribution in [3.05, 3.63) is 29.3 Å². The molecule has 1 aromatic rings. The van der Waals surface area contributed by atoms with Crippen molar-refractivity contribution in [2.24, 2.45) is 0 Å². The van der Waals surface area contributed by atoms with Gasteiger partial charge in [0.2, 0.25) is 5.91 Å². The van der Waals surface area contributed by atoms with Gasteiger partial charge in [0.1, 0.15) is 17.7 Å². The van der Waals surface area contributed by atoms with Crippen LogP contribution in [0, 0.1) is 13.8 Å². The molecule has 4 heteroatoms. The van der Waals surface area contributed by atoms with Crippen LogP contribution in [-0.4, -0.2) is 24.4 Å². The minimum Gasteiger partial charge on any atom is -0.491 e. The monoisotopic (exact) mass is 255 g/mol. The highest BCUT2D eigenvalue weighted by Gasteiger charge is 2.08. The van der Waals surface area contributed by atoms with E-state index in [0.29, 0.717) is 13.2 Å². The number of benzene rings is 1. The predicted molar refractivity (Wildman–Crippen MR) is 69.7 cm³/mol. The summed E-state index contributed by atoms with van der Waals surface area (Å²) in [6.07, 6.45) is 0. The molecule has 0 radical (unpaired) electrons. The molecule has 17 heavy (non-hydrogen) atoms. The molecule has 0 aliphatic rings. The number of hydrogen-bond donors (Lipinski definition) is 1. The molecule has 1 unspecified atom stereocenters. The van der Waals surface area contributed by atoms with Crippen LogP contribution in [0.5, 0.6) is 5.75 Å². The Morgan fingerprint density at radius 2 is 2.00 bits per heavy atom. The fourth-order valence-corrected chi connectivity index (χ4v) is 1.57. The Morgan fingerprint density at radius 1 is 1.41 bits per heavy atom. The van der Waals surface area contributed by atoms with E-state index >= 15 is 0 Å². The molecule has 1 aromatic carbocycles. The van der Waals surface area contributed by atoms with E-state index in [2.05, 4.69) is 5.32 Å². The van der Waals surface area contributed by atoms with Crippen molar-refractivity contribution in [3.63, 3.8) is 0 Å². The van der Waals surface area contributed by atoms with Gasteiger partial charge in [0.15, 0.2) is 0 Å². The number of para-hydroxylation sites is 1. The molecule has 1 N–H and O–H groups in total. The highest BCUT2D eigenvalue weighted by Crippen LogP contribution is 2.21. The maximum Gasteiger partial charge on any atom is 0.237 e. The summed E-state index contributed by atoms with van der Waals surface area (Å²) >= 11 is 5.62. The lowest BCUT2D eigenvalue weighted by Crippen LogP contribution is -2.33. The number of carbonyl (C=O) groups is 1. The van der Waals surface area contributed by atoms with Crippen LogP contribution in [0.3, 0.4) is 0 Å². The van der Waals surface area contributed by atoms with Crippen LogP contribution < -0.4 is 10.1 Å². The summed E-state index contributed by atoms with van der Waals surface area (Å²) in [7, 11) is 0. The third-order valence-corrected chi connectivity index (χ3v) is 2.62. The van der Waals surface area contributed by atoms with Gasteiger partial charge in [-0.3, -0.25) is 4.79 Å². The Balaban J connectivity index is 2.39. The topological polar surface area (TPSA) is 38.3 Å². The molecule has 0 saturated heterocycles. The number of halogens is 1. The van der Waals surface area contributed by atoms with Crippen LogP contribution in [-0.2, 0) is 4.79 Å². The first-order chi connectivity index (χ1) is 8.02. The molecule has 0 fully saturated rings. The van der Waals surface area contributed by atoms with E-state index in [1.54, 1.807) is 6.92 Å². The van der Waals surface area contributed by atoms with Crippen molar-refractivity contribution in [2.75, 3.05) is 13.2 Å². The van der Waals surface area contributed by atoms with Crippen molar-refractivity contribution < 1.29 is 9.53 Å². The van der Waals surface area contributed by atoms with Crippen LogP contribution in [0.15, 0.2) is 18.2 Å². The van der Waals surface area contributed by atoms with Gasteiger partial charge in [-0.1, -0.05) is 18.2 Å². The molecule has 1 atom stereocenters. The lowest BCUT2D eigenvalue weighted by atomic mass is 10.1. The number of rotatable bonds is 5. The number of nitrogens with one attached hydrogen (secondary N) is 1. The van der Waals surface area contributed by atoms with Gasteiger partial charge in [0.25, 0.3) is 0 Å². The van der Waals surface area contributed by atoms with E-state index in [4.69, 9.17) is 16.3 Å². The molecule has 1 amide bonds. The Morgan fingerprint density at radius 3 is 2.53 bits per heavy atom. The second-order valence-electron chi connectivity index (χ2n) is 3.98. The van der Waals surface area contributed by atoms with E-state index < -0.39 is 5.38 Å². The maximum absolute atomic E-state index is 11.2. The van der Waals surface area contributed by atoms with E-state index in [1.165, 1.54) is 0 Å². The van der Waals surface area contributed by atoms with Crippen molar-refractivity contribution in [2.45, 2.75) is 26.1 Å². The van der Waals surface area contributed by atoms with E-state index in [1.807, 2.05) is 32.0 Å². The van der Waals surface area contributed by atoms with Gasteiger partial charge in [0.05, 0.1) is 6.54 Å². The van der Waals surface area contributed by atoms with Gasteiger partial charge in [-0.15, -0.1) is 11.6 Å².